The van der Waals surface area contributed by atoms with Crippen molar-refractivity contribution >= 4 is 6.21 Å². The number of allylic oxidation sites excluding steroid dienone is 4. The van der Waals surface area contributed by atoms with Gasteiger partial charge in [0.05, 0.1) is 12.2 Å². The largest absolute Gasteiger partial charge is 0.343 e. The number of rotatable bonds is 0. The van der Waals surface area contributed by atoms with Crippen molar-refractivity contribution in [3.8, 4) is 0 Å². The van der Waals surface area contributed by atoms with E-state index in [1.54, 1.807) is 0 Å². The van der Waals surface area contributed by atoms with Crippen LogP contribution in [0.2, 0.25) is 0 Å². The van der Waals surface area contributed by atoms with Gasteiger partial charge < -0.3 is 4.90 Å². The van der Waals surface area contributed by atoms with Gasteiger partial charge in [-0.05, 0) is 25.8 Å². The lowest BCUT2D eigenvalue weighted by atomic mass is 10.0. The Morgan fingerprint density at radius 1 is 1.42 bits per heavy atom. The smallest absolute Gasteiger partial charge is 0.0582 e. The molecule has 0 saturated carbocycles. The molecule has 0 saturated heterocycles. The van der Waals surface area contributed by atoms with Crippen LogP contribution in [0.1, 0.15) is 20.3 Å². The second kappa shape index (κ2) is 2.77. The monoisotopic (exact) mass is 162 g/mol. The lowest BCUT2D eigenvalue weighted by Crippen LogP contribution is -2.31. The van der Waals surface area contributed by atoms with Crippen molar-refractivity contribution in [2.24, 2.45) is 4.99 Å². The zero-order chi connectivity index (χ0) is 8.55. The second-order valence-electron chi connectivity index (χ2n) is 3.40. The van der Waals surface area contributed by atoms with Gasteiger partial charge in [0, 0.05) is 18.5 Å². The molecule has 0 aliphatic carbocycles. The Morgan fingerprint density at radius 3 is 3.00 bits per heavy atom. The molecule has 64 valence electrons. The molecule has 0 N–H and O–H groups in total. The molecule has 0 fully saturated rings. The average Bonchev–Trinajstić information content (AvgIpc) is 2.12. The van der Waals surface area contributed by atoms with E-state index < -0.39 is 0 Å². The molecule has 0 spiro atoms. The van der Waals surface area contributed by atoms with Crippen LogP contribution in [0, 0.1) is 0 Å². The van der Waals surface area contributed by atoms with Gasteiger partial charge in [0.2, 0.25) is 0 Å². The van der Waals surface area contributed by atoms with Crippen LogP contribution in [0.15, 0.2) is 28.0 Å². The molecule has 0 atom stereocenters. The van der Waals surface area contributed by atoms with Crippen molar-refractivity contribution in [1.82, 2.24) is 4.90 Å². The van der Waals surface area contributed by atoms with Gasteiger partial charge in [-0.3, -0.25) is 4.99 Å². The van der Waals surface area contributed by atoms with Gasteiger partial charge in [-0.25, -0.2) is 0 Å². The summed E-state index contributed by atoms with van der Waals surface area (Å²) < 4.78 is 0. The van der Waals surface area contributed by atoms with Crippen molar-refractivity contribution in [3.63, 3.8) is 0 Å². The summed E-state index contributed by atoms with van der Waals surface area (Å²) in [5.74, 6) is 0. The molecule has 2 aliphatic heterocycles. The van der Waals surface area contributed by atoms with E-state index >= 15 is 0 Å². The first kappa shape index (κ1) is 7.59. The third kappa shape index (κ3) is 1.07. The minimum absolute atomic E-state index is 0.932. The summed E-state index contributed by atoms with van der Waals surface area (Å²) in [4.78, 5) is 6.65. The molecular weight excluding hydrogens is 148 g/mol. The fraction of sp³-hybridized carbons (Fsp3) is 0.500. The second-order valence-corrected chi connectivity index (χ2v) is 3.40. The first-order valence-corrected chi connectivity index (χ1v) is 4.43. The molecule has 0 radical (unpaired) electrons. The van der Waals surface area contributed by atoms with E-state index in [1.165, 1.54) is 17.0 Å². The lowest BCUT2D eigenvalue weighted by molar-refractivity contribution is 0.434. The average molecular weight is 162 g/mol. The molecule has 0 aromatic carbocycles. The van der Waals surface area contributed by atoms with E-state index in [1.807, 2.05) is 6.21 Å². The summed E-state index contributed by atoms with van der Waals surface area (Å²) in [5, 5.41) is 0. The fourth-order valence-corrected chi connectivity index (χ4v) is 1.72. The molecule has 0 aromatic rings. The van der Waals surface area contributed by atoms with Crippen LogP contribution in [-0.2, 0) is 0 Å². The van der Waals surface area contributed by atoms with Crippen molar-refractivity contribution in [1.29, 1.82) is 0 Å². The lowest BCUT2D eigenvalue weighted by Gasteiger charge is -2.32. The maximum Gasteiger partial charge on any atom is 0.0582 e. The van der Waals surface area contributed by atoms with Gasteiger partial charge in [0.25, 0.3) is 0 Å². The molecule has 2 aliphatic rings. The summed E-state index contributed by atoms with van der Waals surface area (Å²) in [6.07, 6.45) is 5.39. The molecule has 2 heteroatoms. The summed E-state index contributed by atoms with van der Waals surface area (Å²) in [6, 6.07) is 0. The van der Waals surface area contributed by atoms with E-state index in [9.17, 15) is 0 Å². The van der Waals surface area contributed by atoms with Gasteiger partial charge in [-0.1, -0.05) is 6.08 Å². The minimum atomic E-state index is 0.932. The highest BCUT2D eigenvalue weighted by molar-refractivity contribution is 5.80. The molecule has 0 amide bonds. The number of fused-ring (bicyclic) bond motifs is 1. The molecule has 2 rings (SSSR count). The number of hydrogen-bond donors (Lipinski definition) is 0. The van der Waals surface area contributed by atoms with E-state index in [0.717, 1.165) is 19.5 Å². The molecule has 0 aromatic heterocycles. The molecule has 0 bridgehead atoms. The Hall–Kier alpha value is -1.05. The number of hydrogen-bond acceptors (Lipinski definition) is 2. The molecule has 12 heavy (non-hydrogen) atoms. The first-order valence-electron chi connectivity index (χ1n) is 4.43. The predicted octanol–water partition coefficient (Wildman–Crippen LogP) is 1.95. The van der Waals surface area contributed by atoms with E-state index in [2.05, 4.69) is 29.8 Å². The van der Waals surface area contributed by atoms with Crippen LogP contribution in [0.4, 0.5) is 0 Å². The molecule has 2 heterocycles. The highest BCUT2D eigenvalue weighted by atomic mass is 15.2. The Morgan fingerprint density at radius 2 is 2.25 bits per heavy atom. The van der Waals surface area contributed by atoms with Gasteiger partial charge in [-0.15, -0.1) is 0 Å². The van der Waals surface area contributed by atoms with Crippen LogP contribution in [0.3, 0.4) is 0 Å². The van der Waals surface area contributed by atoms with Crippen molar-refractivity contribution < 1.29 is 0 Å². The number of aliphatic imine (C=N–C) groups is 1. The molecular formula is C10H14N2. The summed E-state index contributed by atoms with van der Waals surface area (Å²) in [5.41, 5.74) is 4.13. The summed E-state index contributed by atoms with van der Waals surface area (Å²) in [7, 11) is 0. The zero-order valence-electron chi connectivity index (χ0n) is 7.67. The van der Waals surface area contributed by atoms with Crippen LogP contribution in [0.5, 0.6) is 0 Å². The standard InChI is InChI=1S/C10H14N2/c1-8-3-4-9(2)12-6-5-11-7-10(8)12/h4,7H,3,5-6H2,1-2H3. The number of nitrogens with zero attached hydrogens (tertiary/aromatic N) is 2. The normalized spacial score (nSPS) is 22.5. The minimum Gasteiger partial charge on any atom is -0.343 e. The van der Waals surface area contributed by atoms with Crippen LogP contribution < -0.4 is 0 Å². The Balaban J connectivity index is 2.38. The Labute approximate surface area is 73.3 Å². The quantitative estimate of drug-likeness (QED) is 0.531. The predicted molar refractivity (Wildman–Crippen MR) is 51.1 cm³/mol. The summed E-state index contributed by atoms with van der Waals surface area (Å²) >= 11 is 0. The van der Waals surface area contributed by atoms with E-state index in [-0.39, 0.29) is 0 Å². The zero-order valence-corrected chi connectivity index (χ0v) is 7.67. The van der Waals surface area contributed by atoms with Crippen LogP contribution >= 0.6 is 0 Å². The van der Waals surface area contributed by atoms with E-state index in [4.69, 9.17) is 0 Å². The topological polar surface area (TPSA) is 15.6 Å². The Bertz CT molecular complexity index is 284. The van der Waals surface area contributed by atoms with E-state index in [0.29, 0.717) is 0 Å². The molecule has 2 nitrogen and oxygen atoms in total. The van der Waals surface area contributed by atoms with Crippen LogP contribution in [-0.4, -0.2) is 24.2 Å². The van der Waals surface area contributed by atoms with Crippen LogP contribution in [0.25, 0.3) is 0 Å². The van der Waals surface area contributed by atoms with Gasteiger partial charge in [-0.2, -0.15) is 0 Å². The van der Waals surface area contributed by atoms with Crippen molar-refractivity contribution in [2.45, 2.75) is 20.3 Å². The fourth-order valence-electron chi connectivity index (χ4n) is 1.72. The van der Waals surface area contributed by atoms with Gasteiger partial charge >= 0.3 is 0 Å². The maximum atomic E-state index is 4.29. The third-order valence-corrected chi connectivity index (χ3v) is 2.52. The highest BCUT2D eigenvalue weighted by Gasteiger charge is 2.18. The van der Waals surface area contributed by atoms with Gasteiger partial charge in [0.15, 0.2) is 0 Å². The van der Waals surface area contributed by atoms with Crippen molar-refractivity contribution in [2.75, 3.05) is 13.1 Å². The highest BCUT2D eigenvalue weighted by Crippen LogP contribution is 2.24. The summed E-state index contributed by atoms with van der Waals surface area (Å²) in [6.45, 7) is 6.33. The Kier molecular flexibility index (Phi) is 1.75. The third-order valence-electron chi connectivity index (χ3n) is 2.52. The SMILES string of the molecule is CC1=CCC(C)=C2C=NCCN12. The van der Waals surface area contributed by atoms with Gasteiger partial charge in [0.1, 0.15) is 0 Å². The maximum absolute atomic E-state index is 4.29. The first-order chi connectivity index (χ1) is 5.79. The molecule has 0 unspecified atom stereocenters. The van der Waals surface area contributed by atoms with Crippen molar-refractivity contribution in [3.05, 3.63) is 23.0 Å².